The molecule has 0 fully saturated rings. The van der Waals surface area contributed by atoms with Gasteiger partial charge in [-0.25, -0.2) is 14.0 Å². The highest BCUT2D eigenvalue weighted by atomic mass is 19.1. The third-order valence-corrected chi connectivity index (χ3v) is 5.85. The van der Waals surface area contributed by atoms with Gasteiger partial charge in [0, 0.05) is 18.9 Å². The number of hydrogen-bond acceptors (Lipinski definition) is 5. The van der Waals surface area contributed by atoms with Gasteiger partial charge in [-0.05, 0) is 34.4 Å². The summed E-state index contributed by atoms with van der Waals surface area (Å²) >= 11 is 0. The molecule has 0 saturated heterocycles. The Morgan fingerprint density at radius 2 is 1.57 bits per heavy atom. The van der Waals surface area contributed by atoms with E-state index in [0.717, 1.165) is 28.3 Å². The number of amides is 2. The van der Waals surface area contributed by atoms with Gasteiger partial charge in [0.25, 0.3) is 5.91 Å². The Kier molecular flexibility index (Phi) is 7.07. The van der Waals surface area contributed by atoms with Gasteiger partial charge >= 0.3 is 12.1 Å². The van der Waals surface area contributed by atoms with E-state index in [1.54, 1.807) is 0 Å². The normalized spacial score (nSPS) is 12.9. The zero-order valence-corrected chi connectivity index (χ0v) is 18.5. The van der Waals surface area contributed by atoms with Gasteiger partial charge in [0.15, 0.2) is 0 Å². The summed E-state index contributed by atoms with van der Waals surface area (Å²) in [6.07, 6.45) is -1.19. The number of carboxylic acid groups (broad SMARTS) is 1. The van der Waals surface area contributed by atoms with E-state index in [-0.39, 0.29) is 24.5 Å². The topological polar surface area (TPSA) is 125 Å². The van der Waals surface area contributed by atoms with Gasteiger partial charge in [-0.15, -0.1) is 0 Å². The van der Waals surface area contributed by atoms with Crippen molar-refractivity contribution in [2.24, 2.45) is 0 Å². The number of carboxylic acids is 1. The number of halogens is 1. The van der Waals surface area contributed by atoms with Crippen molar-refractivity contribution in [1.82, 2.24) is 5.32 Å². The van der Waals surface area contributed by atoms with Crippen molar-refractivity contribution in [2.75, 3.05) is 18.5 Å². The molecule has 0 aliphatic heterocycles. The molecule has 35 heavy (non-hydrogen) atoms. The van der Waals surface area contributed by atoms with E-state index in [1.807, 2.05) is 48.5 Å². The first-order valence-corrected chi connectivity index (χ1v) is 11.0. The summed E-state index contributed by atoms with van der Waals surface area (Å²) in [5.41, 5.74) is 3.42. The highest BCUT2D eigenvalue weighted by Crippen LogP contribution is 2.44. The van der Waals surface area contributed by atoms with Crippen LogP contribution < -0.4 is 10.6 Å². The zero-order chi connectivity index (χ0) is 24.9. The van der Waals surface area contributed by atoms with Crippen molar-refractivity contribution in [3.8, 4) is 11.1 Å². The van der Waals surface area contributed by atoms with E-state index in [9.17, 15) is 23.9 Å². The Labute approximate surface area is 200 Å². The standard InChI is InChI=1S/C26H23FN2O6/c27-21-11-5-10-19(24(31)28-22(12-13-30)25(32)33)23(21)29-26(34)35-14-20-17-8-3-1-6-15(17)16-7-2-4-9-18(16)20/h1-11,20,22,30H,12-14H2,(H,28,31)(H,29,34)(H,32,33). The molecule has 1 atom stereocenters. The van der Waals surface area contributed by atoms with Crippen LogP contribution in [0.25, 0.3) is 11.1 Å². The first kappa shape index (κ1) is 23.9. The second-order valence-corrected chi connectivity index (χ2v) is 7.99. The quantitative estimate of drug-likeness (QED) is 0.391. The van der Waals surface area contributed by atoms with Gasteiger partial charge in [0.05, 0.1) is 11.3 Å². The largest absolute Gasteiger partial charge is 0.480 e. The summed E-state index contributed by atoms with van der Waals surface area (Å²) in [5, 5.41) is 22.7. The number of anilines is 1. The number of aliphatic hydroxyl groups is 1. The van der Waals surface area contributed by atoms with E-state index in [1.165, 1.54) is 12.1 Å². The van der Waals surface area contributed by atoms with Gasteiger partial charge in [-0.1, -0.05) is 54.6 Å². The van der Waals surface area contributed by atoms with Crippen molar-refractivity contribution in [3.63, 3.8) is 0 Å². The van der Waals surface area contributed by atoms with Crippen LogP contribution in [0.5, 0.6) is 0 Å². The summed E-state index contributed by atoms with van der Waals surface area (Å²) in [6.45, 7) is -0.474. The molecule has 0 saturated carbocycles. The zero-order valence-electron chi connectivity index (χ0n) is 18.5. The number of benzene rings is 3. The molecular weight excluding hydrogens is 455 g/mol. The number of carbonyl (C=O) groups is 3. The van der Waals surface area contributed by atoms with Crippen LogP contribution in [-0.4, -0.2) is 47.4 Å². The molecule has 3 aromatic carbocycles. The van der Waals surface area contributed by atoms with Gasteiger partial charge in [0.2, 0.25) is 0 Å². The molecule has 1 aliphatic rings. The second-order valence-electron chi connectivity index (χ2n) is 7.99. The predicted molar refractivity (Wildman–Crippen MR) is 126 cm³/mol. The molecule has 0 heterocycles. The number of nitrogens with one attached hydrogen (secondary N) is 2. The summed E-state index contributed by atoms with van der Waals surface area (Å²) in [6, 6.07) is 17.8. The van der Waals surface area contributed by atoms with E-state index in [0.29, 0.717) is 0 Å². The molecule has 180 valence electrons. The van der Waals surface area contributed by atoms with Gasteiger partial charge in [0.1, 0.15) is 18.5 Å². The SMILES string of the molecule is O=C(Nc1c(F)cccc1C(=O)NC(CCO)C(=O)O)OCC1c2ccccc2-c2ccccc21. The van der Waals surface area contributed by atoms with Crippen molar-refractivity contribution in [3.05, 3.63) is 89.2 Å². The van der Waals surface area contributed by atoms with Crippen LogP contribution in [0.15, 0.2) is 66.7 Å². The maximum atomic E-state index is 14.5. The monoisotopic (exact) mass is 478 g/mol. The van der Waals surface area contributed by atoms with Crippen molar-refractivity contribution in [2.45, 2.75) is 18.4 Å². The van der Waals surface area contributed by atoms with Crippen LogP contribution in [0.3, 0.4) is 0 Å². The van der Waals surface area contributed by atoms with Crippen LogP contribution in [0, 0.1) is 5.82 Å². The minimum absolute atomic E-state index is 0.00652. The minimum Gasteiger partial charge on any atom is -0.480 e. The Balaban J connectivity index is 1.49. The van der Waals surface area contributed by atoms with Crippen molar-refractivity contribution < 1.29 is 33.7 Å². The summed E-state index contributed by atoms with van der Waals surface area (Å²) < 4.78 is 20.0. The average Bonchev–Trinajstić information content (AvgIpc) is 3.17. The maximum absolute atomic E-state index is 14.5. The molecule has 0 radical (unpaired) electrons. The maximum Gasteiger partial charge on any atom is 0.411 e. The Morgan fingerprint density at radius 1 is 0.943 bits per heavy atom. The Morgan fingerprint density at radius 3 is 2.17 bits per heavy atom. The molecule has 8 nitrogen and oxygen atoms in total. The lowest BCUT2D eigenvalue weighted by molar-refractivity contribution is -0.139. The minimum atomic E-state index is -1.38. The van der Waals surface area contributed by atoms with Crippen molar-refractivity contribution in [1.29, 1.82) is 0 Å². The fraction of sp³-hybridized carbons (Fsp3) is 0.192. The number of aliphatic carboxylic acids is 1. The molecule has 4 rings (SSSR count). The molecule has 0 spiro atoms. The Hall–Kier alpha value is -4.24. The van der Waals surface area contributed by atoms with E-state index < -0.39 is 42.1 Å². The number of ether oxygens (including phenoxy) is 1. The third-order valence-electron chi connectivity index (χ3n) is 5.85. The van der Waals surface area contributed by atoms with Gasteiger partial charge in [-0.2, -0.15) is 0 Å². The fourth-order valence-corrected chi connectivity index (χ4v) is 4.20. The Bertz CT molecular complexity index is 1230. The molecular formula is C26H23FN2O6. The number of fused-ring (bicyclic) bond motifs is 3. The van der Waals surface area contributed by atoms with Crippen LogP contribution in [0.1, 0.15) is 33.8 Å². The lowest BCUT2D eigenvalue weighted by Crippen LogP contribution is -2.41. The number of hydrogen-bond donors (Lipinski definition) is 4. The molecule has 1 aliphatic carbocycles. The van der Waals surface area contributed by atoms with Gasteiger partial charge < -0.3 is 20.3 Å². The number of rotatable bonds is 8. The number of aliphatic hydroxyl groups excluding tert-OH is 1. The first-order valence-electron chi connectivity index (χ1n) is 11.0. The molecule has 2 amide bonds. The average molecular weight is 478 g/mol. The molecule has 9 heteroatoms. The lowest BCUT2D eigenvalue weighted by atomic mass is 9.98. The lowest BCUT2D eigenvalue weighted by Gasteiger charge is -2.17. The van der Waals surface area contributed by atoms with Crippen LogP contribution in [0.2, 0.25) is 0 Å². The van der Waals surface area contributed by atoms with Crippen LogP contribution in [-0.2, 0) is 9.53 Å². The van der Waals surface area contributed by atoms with Crippen LogP contribution >= 0.6 is 0 Å². The molecule has 1 unspecified atom stereocenters. The molecule has 0 bridgehead atoms. The second kappa shape index (κ2) is 10.4. The first-order chi connectivity index (χ1) is 16.9. The van der Waals surface area contributed by atoms with Crippen molar-refractivity contribution >= 4 is 23.7 Å². The number of carbonyl (C=O) groups excluding carboxylic acids is 2. The summed E-state index contributed by atoms with van der Waals surface area (Å²) in [7, 11) is 0. The van der Waals surface area contributed by atoms with E-state index in [2.05, 4.69) is 10.6 Å². The fourth-order valence-electron chi connectivity index (χ4n) is 4.20. The van der Waals surface area contributed by atoms with Gasteiger partial charge in [-0.3, -0.25) is 10.1 Å². The summed E-state index contributed by atoms with van der Waals surface area (Å²) in [5.74, 6) is -3.36. The third kappa shape index (κ3) is 4.99. The molecule has 0 aromatic heterocycles. The highest BCUT2D eigenvalue weighted by Gasteiger charge is 2.29. The molecule has 3 aromatic rings. The smallest absolute Gasteiger partial charge is 0.411 e. The predicted octanol–water partition coefficient (Wildman–Crippen LogP) is 3.75. The number of para-hydroxylation sites is 1. The summed E-state index contributed by atoms with van der Waals surface area (Å²) in [4.78, 5) is 36.5. The van der Waals surface area contributed by atoms with Crippen LogP contribution in [0.4, 0.5) is 14.9 Å². The van der Waals surface area contributed by atoms with E-state index >= 15 is 0 Å². The van der Waals surface area contributed by atoms with E-state index in [4.69, 9.17) is 9.84 Å². The highest BCUT2D eigenvalue weighted by molar-refractivity contribution is 6.04. The molecule has 4 N–H and O–H groups in total.